The van der Waals surface area contributed by atoms with Crippen LogP contribution in [-0.4, -0.2) is 11.7 Å². The van der Waals surface area contributed by atoms with Gasteiger partial charge < -0.3 is 4.74 Å². The summed E-state index contributed by atoms with van der Waals surface area (Å²) >= 11 is 3.12. The van der Waals surface area contributed by atoms with Gasteiger partial charge in [-0.25, -0.2) is 0 Å². The quantitative estimate of drug-likeness (QED) is 0.581. The summed E-state index contributed by atoms with van der Waals surface area (Å²) in [7, 11) is 1.55. The molecule has 0 fully saturated rings. The van der Waals surface area contributed by atoms with Gasteiger partial charge in [-0.15, -0.1) is 10.5 Å². The third-order valence-electron chi connectivity index (χ3n) is 0.696. The summed E-state index contributed by atoms with van der Waals surface area (Å²) < 4.78 is 5.43. The Kier molecular flexibility index (Phi) is 1.53. The third kappa shape index (κ3) is 1.01. The van der Waals surface area contributed by atoms with E-state index in [1.54, 1.807) is 13.2 Å². The summed E-state index contributed by atoms with van der Waals surface area (Å²) in [5.74, 6) is 0.539. The SMILES string of the molecule is COC1=CC(Br)=N[N]1. The zero-order valence-corrected chi connectivity index (χ0v) is 5.84. The number of nitrogens with zero attached hydrogens (tertiary/aromatic N) is 2. The Morgan fingerprint density at radius 1 is 1.75 bits per heavy atom. The fourth-order valence-electron chi connectivity index (χ4n) is 0.356. The first-order valence-electron chi connectivity index (χ1n) is 2.03. The highest BCUT2D eigenvalue weighted by atomic mass is 79.9. The molecule has 0 unspecified atom stereocenters. The lowest BCUT2D eigenvalue weighted by atomic mass is 10.6. The smallest absolute Gasteiger partial charge is 0.235 e. The molecule has 43 valence electrons. The zero-order chi connectivity index (χ0) is 5.98. The third-order valence-corrected chi connectivity index (χ3v) is 1.08. The molecule has 1 aliphatic heterocycles. The first-order chi connectivity index (χ1) is 3.83. The second-order valence-electron chi connectivity index (χ2n) is 1.21. The molecule has 1 heterocycles. The van der Waals surface area contributed by atoms with E-state index < -0.39 is 0 Å². The Morgan fingerprint density at radius 2 is 2.50 bits per heavy atom. The maximum Gasteiger partial charge on any atom is 0.235 e. The molecule has 0 aliphatic carbocycles. The molecule has 0 aromatic heterocycles. The van der Waals surface area contributed by atoms with Gasteiger partial charge in [0.2, 0.25) is 5.88 Å². The van der Waals surface area contributed by atoms with E-state index in [0.29, 0.717) is 10.5 Å². The average Bonchev–Trinajstić information content (AvgIpc) is 2.14. The van der Waals surface area contributed by atoms with Gasteiger partial charge in [0.1, 0.15) is 4.62 Å². The Bertz CT molecular complexity index is 152. The Morgan fingerprint density at radius 3 is 2.75 bits per heavy atom. The van der Waals surface area contributed by atoms with E-state index in [2.05, 4.69) is 26.5 Å². The van der Waals surface area contributed by atoms with Crippen molar-refractivity contribution >= 4 is 20.6 Å². The highest BCUT2D eigenvalue weighted by molar-refractivity contribution is 9.18. The molecule has 0 bridgehead atoms. The number of hydrogen-bond acceptors (Lipinski definition) is 2. The second kappa shape index (κ2) is 2.17. The molecule has 3 nitrogen and oxygen atoms in total. The Balaban J connectivity index is 2.56. The van der Waals surface area contributed by atoms with Crippen molar-refractivity contribution in [1.82, 2.24) is 5.43 Å². The first kappa shape index (κ1) is 5.62. The molecule has 0 saturated heterocycles. The van der Waals surface area contributed by atoms with E-state index in [9.17, 15) is 0 Å². The van der Waals surface area contributed by atoms with Crippen molar-refractivity contribution in [3.63, 3.8) is 0 Å². The molecule has 1 aliphatic rings. The summed E-state index contributed by atoms with van der Waals surface area (Å²) in [6.45, 7) is 0. The Labute approximate surface area is 55.5 Å². The minimum Gasteiger partial charge on any atom is -0.480 e. The van der Waals surface area contributed by atoms with Crippen LogP contribution in [0.2, 0.25) is 0 Å². The average molecular weight is 176 g/mol. The fraction of sp³-hybridized carbons (Fsp3) is 0.250. The van der Waals surface area contributed by atoms with Crippen molar-refractivity contribution in [2.45, 2.75) is 0 Å². The number of allylic oxidation sites excluding steroid dienone is 1. The maximum absolute atomic E-state index is 4.73. The molecule has 4 heteroatoms. The lowest BCUT2D eigenvalue weighted by molar-refractivity contribution is 0.264. The highest BCUT2D eigenvalue weighted by Gasteiger charge is 2.04. The normalized spacial score (nSPS) is 16.8. The lowest BCUT2D eigenvalue weighted by Gasteiger charge is -1.91. The first-order valence-corrected chi connectivity index (χ1v) is 2.82. The molecule has 0 spiro atoms. The number of halogens is 1. The van der Waals surface area contributed by atoms with E-state index in [1.165, 1.54) is 0 Å². The summed E-state index contributed by atoms with van der Waals surface area (Å²) in [4.78, 5) is 0. The van der Waals surface area contributed by atoms with Gasteiger partial charge in [-0.1, -0.05) is 0 Å². The van der Waals surface area contributed by atoms with Crippen molar-refractivity contribution in [1.29, 1.82) is 0 Å². The van der Waals surface area contributed by atoms with Crippen LogP contribution < -0.4 is 5.43 Å². The highest BCUT2D eigenvalue weighted by Crippen LogP contribution is 2.05. The molecule has 1 rings (SSSR count). The molecule has 0 saturated carbocycles. The van der Waals surface area contributed by atoms with Crippen molar-refractivity contribution < 1.29 is 4.74 Å². The molecule has 8 heavy (non-hydrogen) atoms. The van der Waals surface area contributed by atoms with Gasteiger partial charge in [-0.05, 0) is 15.9 Å². The van der Waals surface area contributed by atoms with E-state index in [0.717, 1.165) is 0 Å². The molecular formula is C4H4BrN2O. The van der Waals surface area contributed by atoms with E-state index in [4.69, 9.17) is 4.74 Å². The van der Waals surface area contributed by atoms with E-state index in [1.807, 2.05) is 0 Å². The van der Waals surface area contributed by atoms with Gasteiger partial charge in [-0.2, -0.15) is 0 Å². The summed E-state index contributed by atoms with van der Waals surface area (Å²) in [6.07, 6.45) is 1.69. The maximum atomic E-state index is 4.73. The predicted molar refractivity (Wildman–Crippen MR) is 33.6 cm³/mol. The second-order valence-corrected chi connectivity index (χ2v) is 2.02. The topological polar surface area (TPSA) is 35.7 Å². The standard InChI is InChI=1S/C4H4BrN2O/c1-8-4-2-3(5)6-7-4/h2H,1H3. The van der Waals surface area contributed by atoms with Crippen LogP contribution in [-0.2, 0) is 4.74 Å². The molecule has 0 aromatic rings. The Hall–Kier alpha value is -0.510. The van der Waals surface area contributed by atoms with Crippen LogP contribution in [0.1, 0.15) is 0 Å². The molecule has 0 atom stereocenters. The van der Waals surface area contributed by atoms with Gasteiger partial charge in [0.25, 0.3) is 0 Å². The molecule has 1 radical (unpaired) electrons. The van der Waals surface area contributed by atoms with Crippen molar-refractivity contribution in [2.75, 3.05) is 7.11 Å². The lowest BCUT2D eigenvalue weighted by Crippen LogP contribution is -1.92. The van der Waals surface area contributed by atoms with Crippen LogP contribution in [0, 0.1) is 0 Å². The summed E-state index contributed by atoms with van der Waals surface area (Å²) in [6, 6.07) is 0. The van der Waals surface area contributed by atoms with Crippen molar-refractivity contribution in [3.8, 4) is 0 Å². The summed E-state index contributed by atoms with van der Waals surface area (Å²) in [5.41, 5.74) is 3.62. The van der Waals surface area contributed by atoms with E-state index in [-0.39, 0.29) is 0 Å². The van der Waals surface area contributed by atoms with Crippen LogP contribution in [0.3, 0.4) is 0 Å². The van der Waals surface area contributed by atoms with Crippen LogP contribution in [0.5, 0.6) is 0 Å². The van der Waals surface area contributed by atoms with Gasteiger partial charge in [0.05, 0.1) is 7.11 Å². The molecule has 0 aromatic carbocycles. The van der Waals surface area contributed by atoms with E-state index >= 15 is 0 Å². The van der Waals surface area contributed by atoms with Gasteiger partial charge in [0.15, 0.2) is 0 Å². The molecule has 0 amide bonds. The predicted octanol–water partition coefficient (Wildman–Crippen LogP) is 0.801. The van der Waals surface area contributed by atoms with Crippen molar-refractivity contribution in [3.05, 3.63) is 12.0 Å². The minimum absolute atomic E-state index is 0.539. The largest absolute Gasteiger partial charge is 0.480 e. The van der Waals surface area contributed by atoms with Gasteiger partial charge in [-0.3, -0.25) is 0 Å². The minimum atomic E-state index is 0.539. The molecular weight excluding hydrogens is 172 g/mol. The molecule has 0 N–H and O–H groups in total. The van der Waals surface area contributed by atoms with Crippen LogP contribution in [0.15, 0.2) is 17.1 Å². The van der Waals surface area contributed by atoms with Gasteiger partial charge >= 0.3 is 0 Å². The summed E-state index contributed by atoms with van der Waals surface area (Å²) in [5, 5.41) is 3.63. The van der Waals surface area contributed by atoms with Crippen LogP contribution in [0.4, 0.5) is 0 Å². The zero-order valence-electron chi connectivity index (χ0n) is 4.26. The number of rotatable bonds is 1. The van der Waals surface area contributed by atoms with Crippen molar-refractivity contribution in [2.24, 2.45) is 5.10 Å². The number of methoxy groups -OCH3 is 1. The fourth-order valence-corrected chi connectivity index (χ4v) is 0.632. The number of ether oxygens (including phenoxy) is 1. The van der Waals surface area contributed by atoms with Crippen LogP contribution in [0.25, 0.3) is 0 Å². The van der Waals surface area contributed by atoms with Crippen LogP contribution >= 0.6 is 15.9 Å². The monoisotopic (exact) mass is 175 g/mol. The number of hydrogen-bond donors (Lipinski definition) is 0. The van der Waals surface area contributed by atoms with Gasteiger partial charge in [0, 0.05) is 6.08 Å².